The summed E-state index contributed by atoms with van der Waals surface area (Å²) >= 11 is 4.07. The molecule has 0 unspecified atom stereocenters. The second-order valence-corrected chi connectivity index (χ2v) is 17.5. The Morgan fingerprint density at radius 2 is 0.978 bits per heavy atom. The monoisotopic (exact) mass is 660 g/mol. The largest absolute Gasteiger partial charge is 0.372 e. The first kappa shape index (κ1) is 38.1. The minimum absolute atomic E-state index is 0.175. The van der Waals surface area contributed by atoms with Gasteiger partial charge in [-0.15, -0.1) is 0 Å². The van der Waals surface area contributed by atoms with Crippen LogP contribution in [-0.4, -0.2) is 59.0 Å². The molecular formula is C41H62N3S2+. The zero-order chi connectivity index (χ0) is 34.1. The molecule has 0 atom stereocenters. The van der Waals surface area contributed by atoms with Crippen LogP contribution in [0, 0.1) is 0 Å². The van der Waals surface area contributed by atoms with Crippen molar-refractivity contribution in [1.29, 1.82) is 0 Å². The topological polar surface area (TPSA) is 9.49 Å². The highest BCUT2D eigenvalue weighted by Crippen LogP contribution is 2.41. The van der Waals surface area contributed by atoms with Crippen LogP contribution in [0.15, 0.2) is 66.3 Å². The second-order valence-electron chi connectivity index (χ2n) is 13.9. The Labute approximate surface area is 291 Å². The van der Waals surface area contributed by atoms with Crippen molar-refractivity contribution >= 4 is 46.2 Å². The highest BCUT2D eigenvalue weighted by molar-refractivity contribution is 8.00. The molecule has 2 aromatic rings. The minimum Gasteiger partial charge on any atom is -0.372 e. The molecule has 46 heavy (non-hydrogen) atoms. The standard InChI is InChI=1S/C41H62N3S2/c1-13-42(14-2)34-21-19-31(20-22-34)39(37-25-23-35(43(15-3)16-4)27-32(37)29-45-40(7,8)9)38-26-24-36(44(17-5)18-6)28-33(38)30-46-41(10,11)12/h19-28H,13-18,29-30H2,1-12H3/q+1. The van der Waals surface area contributed by atoms with E-state index in [-0.39, 0.29) is 9.49 Å². The van der Waals surface area contributed by atoms with E-state index in [1.807, 2.05) is 23.5 Å². The molecule has 0 saturated carbocycles. The van der Waals surface area contributed by atoms with E-state index in [9.17, 15) is 0 Å². The molecule has 2 aromatic carbocycles. The van der Waals surface area contributed by atoms with E-state index >= 15 is 0 Å². The number of rotatable bonds is 14. The Balaban J connectivity index is 2.40. The summed E-state index contributed by atoms with van der Waals surface area (Å²) in [5, 5.41) is 0. The molecule has 252 valence electrons. The van der Waals surface area contributed by atoms with Crippen molar-refractivity contribution in [2.75, 3.05) is 49.1 Å². The Morgan fingerprint density at radius 1 is 0.587 bits per heavy atom. The number of anilines is 2. The van der Waals surface area contributed by atoms with Gasteiger partial charge in [-0.2, -0.15) is 23.5 Å². The fraction of sp³-hybridized carbons (Fsp3) is 0.537. The van der Waals surface area contributed by atoms with Crippen molar-refractivity contribution in [2.24, 2.45) is 0 Å². The quantitative estimate of drug-likeness (QED) is 0.186. The molecule has 0 fully saturated rings. The maximum absolute atomic E-state index is 2.47. The average molecular weight is 661 g/mol. The molecule has 0 saturated heterocycles. The Hall–Kier alpha value is -2.37. The normalized spacial score (nSPS) is 13.4. The minimum atomic E-state index is 0.175. The van der Waals surface area contributed by atoms with Crippen LogP contribution in [0.2, 0.25) is 0 Å². The third-order valence-electron chi connectivity index (χ3n) is 8.58. The van der Waals surface area contributed by atoms with Crippen LogP contribution in [0.5, 0.6) is 0 Å². The first-order valence-electron chi connectivity index (χ1n) is 17.6. The number of nitrogens with zero attached hydrogens (tertiary/aromatic N) is 3. The van der Waals surface area contributed by atoms with Crippen molar-refractivity contribution in [3.8, 4) is 0 Å². The molecule has 0 bridgehead atoms. The van der Waals surface area contributed by atoms with E-state index in [4.69, 9.17) is 0 Å². The fourth-order valence-electron chi connectivity index (χ4n) is 5.93. The van der Waals surface area contributed by atoms with Crippen LogP contribution in [0.25, 0.3) is 5.57 Å². The van der Waals surface area contributed by atoms with Gasteiger partial charge in [0.05, 0.1) is 0 Å². The summed E-state index contributed by atoms with van der Waals surface area (Å²) in [6.07, 6.45) is 9.37. The van der Waals surface area contributed by atoms with Crippen LogP contribution in [0.1, 0.15) is 105 Å². The van der Waals surface area contributed by atoms with Crippen LogP contribution in [-0.2, 0) is 11.5 Å². The lowest BCUT2D eigenvalue weighted by atomic mass is 9.86. The average Bonchev–Trinajstić information content (AvgIpc) is 3.02. The number of benzene rings is 2. The highest BCUT2D eigenvalue weighted by atomic mass is 32.2. The predicted molar refractivity (Wildman–Crippen MR) is 213 cm³/mol. The van der Waals surface area contributed by atoms with Crippen LogP contribution >= 0.6 is 23.5 Å². The van der Waals surface area contributed by atoms with E-state index in [1.54, 1.807) is 0 Å². The van der Waals surface area contributed by atoms with E-state index < -0.39 is 0 Å². The summed E-state index contributed by atoms with van der Waals surface area (Å²) in [6, 6.07) is 14.5. The lowest BCUT2D eigenvalue weighted by molar-refractivity contribution is -0.519. The molecule has 1 aliphatic carbocycles. The molecule has 0 N–H and O–H groups in total. The maximum atomic E-state index is 2.47. The van der Waals surface area contributed by atoms with E-state index in [2.05, 4.69) is 158 Å². The molecular weight excluding hydrogens is 599 g/mol. The van der Waals surface area contributed by atoms with Crippen molar-refractivity contribution in [2.45, 2.75) is 104 Å². The van der Waals surface area contributed by atoms with Gasteiger partial charge in [-0.25, -0.2) is 4.58 Å². The third kappa shape index (κ3) is 10.3. The second kappa shape index (κ2) is 17.2. The number of allylic oxidation sites excluding steroid dienone is 5. The number of thioether (sulfide) groups is 2. The highest BCUT2D eigenvalue weighted by Gasteiger charge is 2.23. The van der Waals surface area contributed by atoms with Gasteiger partial charge < -0.3 is 9.80 Å². The Bertz CT molecular complexity index is 1320. The summed E-state index contributed by atoms with van der Waals surface area (Å²) in [6.45, 7) is 33.5. The van der Waals surface area contributed by atoms with Gasteiger partial charge in [-0.1, -0.05) is 53.7 Å². The van der Waals surface area contributed by atoms with Gasteiger partial charge in [0.2, 0.25) is 0 Å². The molecule has 0 spiro atoms. The lowest BCUT2D eigenvalue weighted by Gasteiger charge is -2.27. The van der Waals surface area contributed by atoms with Crippen molar-refractivity contribution < 1.29 is 4.58 Å². The summed E-state index contributed by atoms with van der Waals surface area (Å²) < 4.78 is 2.78. The molecule has 0 radical (unpaired) electrons. The molecule has 5 heteroatoms. The van der Waals surface area contributed by atoms with Gasteiger partial charge in [-0.05, 0) is 111 Å². The summed E-state index contributed by atoms with van der Waals surface area (Å²) in [5.74, 6) is 1.94. The van der Waals surface area contributed by atoms with Gasteiger partial charge in [0.1, 0.15) is 13.1 Å². The van der Waals surface area contributed by atoms with Gasteiger partial charge in [0, 0.05) is 70.7 Å². The molecule has 0 aromatic heterocycles. The third-order valence-corrected chi connectivity index (χ3v) is 11.2. The van der Waals surface area contributed by atoms with E-state index in [1.165, 1.54) is 50.5 Å². The molecule has 0 aliphatic heterocycles. The van der Waals surface area contributed by atoms with Gasteiger partial charge in [0.15, 0.2) is 5.71 Å². The Morgan fingerprint density at radius 3 is 1.30 bits per heavy atom. The molecule has 3 rings (SSSR count). The zero-order valence-electron chi connectivity index (χ0n) is 31.1. The lowest BCUT2D eigenvalue weighted by Crippen LogP contribution is -2.22. The SMILES string of the molecule is CCN(CC)c1ccc(C(=C2C=CC(=[N+](CC)CC)C=C2)c2ccc(N(CC)CC)cc2CSC(C)(C)C)c(CSC(C)(C)C)c1. The van der Waals surface area contributed by atoms with Crippen molar-refractivity contribution in [3.63, 3.8) is 0 Å². The fourth-order valence-corrected chi connectivity index (χ4v) is 7.58. The first-order valence-corrected chi connectivity index (χ1v) is 19.5. The van der Waals surface area contributed by atoms with Crippen LogP contribution in [0.3, 0.4) is 0 Å². The molecule has 3 nitrogen and oxygen atoms in total. The van der Waals surface area contributed by atoms with Crippen LogP contribution in [0.4, 0.5) is 11.4 Å². The zero-order valence-corrected chi connectivity index (χ0v) is 32.7. The van der Waals surface area contributed by atoms with Gasteiger partial charge in [-0.3, -0.25) is 0 Å². The Kier molecular flexibility index (Phi) is 14.2. The first-order chi connectivity index (χ1) is 21.8. The smallest absolute Gasteiger partial charge is 0.199 e. The predicted octanol–water partition coefficient (Wildman–Crippen LogP) is 10.9. The molecule has 1 aliphatic rings. The van der Waals surface area contributed by atoms with E-state index in [0.717, 1.165) is 50.8 Å². The van der Waals surface area contributed by atoms with E-state index in [0.29, 0.717) is 0 Å². The van der Waals surface area contributed by atoms with Gasteiger partial charge >= 0.3 is 0 Å². The number of hydrogen-bond acceptors (Lipinski definition) is 4. The summed E-state index contributed by atoms with van der Waals surface area (Å²) in [4.78, 5) is 4.94. The summed E-state index contributed by atoms with van der Waals surface area (Å²) in [7, 11) is 0. The van der Waals surface area contributed by atoms with Crippen molar-refractivity contribution in [3.05, 3.63) is 88.5 Å². The summed E-state index contributed by atoms with van der Waals surface area (Å²) in [5.41, 5.74) is 12.1. The maximum Gasteiger partial charge on any atom is 0.199 e. The number of hydrogen-bond donors (Lipinski definition) is 0. The molecule has 0 heterocycles. The van der Waals surface area contributed by atoms with Crippen LogP contribution < -0.4 is 9.80 Å². The molecule has 0 amide bonds. The van der Waals surface area contributed by atoms with Crippen molar-refractivity contribution in [1.82, 2.24) is 0 Å². The van der Waals surface area contributed by atoms with Gasteiger partial charge in [0.25, 0.3) is 0 Å².